The van der Waals surface area contributed by atoms with Gasteiger partial charge in [-0.05, 0) is 36.2 Å². The molecule has 8 heteroatoms. The third kappa shape index (κ3) is 4.49. The zero-order valence-electron chi connectivity index (χ0n) is 15.8. The summed E-state index contributed by atoms with van der Waals surface area (Å²) in [5, 5.41) is 4.09. The molecule has 0 spiro atoms. The number of amides is 1. The highest BCUT2D eigenvalue weighted by atomic mass is 35.5. The molecule has 148 valence electrons. The largest absolute Gasteiger partial charge is 0.350 e. The molecule has 28 heavy (non-hydrogen) atoms. The highest BCUT2D eigenvalue weighted by Gasteiger charge is 2.20. The minimum Gasteiger partial charge on any atom is -0.350 e. The fourth-order valence-corrected chi connectivity index (χ4v) is 5.37. The van der Waals surface area contributed by atoms with Gasteiger partial charge in [-0.3, -0.25) is 9.69 Å². The van der Waals surface area contributed by atoms with Crippen molar-refractivity contribution in [3.8, 4) is 0 Å². The Morgan fingerprint density at radius 1 is 1.18 bits per heavy atom. The monoisotopic (exact) mass is 434 g/mol. The van der Waals surface area contributed by atoms with Gasteiger partial charge in [0.15, 0.2) is 5.13 Å². The number of carbonyl (C=O) groups is 1. The molecule has 1 aliphatic rings. The molecule has 2 aromatic heterocycles. The van der Waals surface area contributed by atoms with Gasteiger partial charge in [0.2, 0.25) is 0 Å². The number of halogens is 1. The van der Waals surface area contributed by atoms with E-state index in [2.05, 4.69) is 40.2 Å². The van der Waals surface area contributed by atoms with Gasteiger partial charge < -0.3 is 10.2 Å². The fourth-order valence-electron chi connectivity index (χ4n) is 3.33. The third-order valence-electron chi connectivity index (χ3n) is 5.00. The molecule has 0 atom stereocenters. The number of benzene rings is 1. The van der Waals surface area contributed by atoms with Crippen LogP contribution in [0.1, 0.15) is 22.2 Å². The number of anilines is 1. The molecule has 1 fully saturated rings. The minimum absolute atomic E-state index is 0.0449. The number of hydrogen-bond acceptors (Lipinski definition) is 6. The fraction of sp³-hybridized carbons (Fsp3) is 0.400. The number of aryl methyl sites for hydroxylation is 1. The zero-order valence-corrected chi connectivity index (χ0v) is 18.2. The molecular formula is C20H23ClN4OS2. The molecule has 1 amide bonds. The van der Waals surface area contributed by atoms with Crippen molar-refractivity contribution in [2.45, 2.75) is 13.3 Å². The highest BCUT2D eigenvalue weighted by molar-refractivity contribution is 7.22. The van der Waals surface area contributed by atoms with Gasteiger partial charge in [-0.25, -0.2) is 4.98 Å². The molecule has 0 saturated carbocycles. The number of rotatable bonds is 6. The number of thiophene rings is 1. The van der Waals surface area contributed by atoms with Crippen LogP contribution in [0.4, 0.5) is 5.13 Å². The Bertz CT molecular complexity index is 962. The van der Waals surface area contributed by atoms with Crippen molar-refractivity contribution >= 4 is 55.5 Å². The molecule has 3 heterocycles. The molecule has 5 nitrogen and oxygen atoms in total. The topological polar surface area (TPSA) is 48.5 Å². The summed E-state index contributed by atoms with van der Waals surface area (Å²) in [7, 11) is 0. The van der Waals surface area contributed by atoms with Crippen LogP contribution in [0.2, 0.25) is 4.34 Å². The van der Waals surface area contributed by atoms with Crippen LogP contribution in [0.3, 0.4) is 0 Å². The Balaban J connectivity index is 1.26. The highest BCUT2D eigenvalue weighted by Crippen LogP contribution is 2.30. The van der Waals surface area contributed by atoms with Crippen molar-refractivity contribution in [3.63, 3.8) is 0 Å². The number of hydrogen-bond donors (Lipinski definition) is 1. The molecule has 4 rings (SSSR count). The van der Waals surface area contributed by atoms with E-state index >= 15 is 0 Å². The maximum Gasteiger partial charge on any atom is 0.261 e. The van der Waals surface area contributed by atoms with Crippen LogP contribution < -0.4 is 10.2 Å². The van der Waals surface area contributed by atoms with Crippen molar-refractivity contribution in [2.24, 2.45) is 0 Å². The number of fused-ring (bicyclic) bond motifs is 1. The van der Waals surface area contributed by atoms with Crippen molar-refractivity contribution in [1.82, 2.24) is 15.2 Å². The summed E-state index contributed by atoms with van der Waals surface area (Å²) in [6.45, 7) is 7.59. The van der Waals surface area contributed by atoms with E-state index in [9.17, 15) is 4.79 Å². The lowest BCUT2D eigenvalue weighted by Gasteiger charge is -2.34. The first-order chi connectivity index (χ1) is 13.6. The summed E-state index contributed by atoms with van der Waals surface area (Å²) in [5.74, 6) is -0.0449. The van der Waals surface area contributed by atoms with E-state index in [1.54, 1.807) is 23.5 Å². The number of nitrogens with one attached hydrogen (secondary N) is 1. The van der Waals surface area contributed by atoms with E-state index in [0.29, 0.717) is 15.8 Å². The predicted octanol–water partition coefficient (Wildman–Crippen LogP) is 4.13. The van der Waals surface area contributed by atoms with Gasteiger partial charge in [0.1, 0.15) is 0 Å². The third-order valence-corrected chi connectivity index (χ3v) is 7.31. The van der Waals surface area contributed by atoms with Crippen LogP contribution >= 0.6 is 34.3 Å². The summed E-state index contributed by atoms with van der Waals surface area (Å²) >= 11 is 8.98. The predicted molar refractivity (Wildman–Crippen MR) is 119 cm³/mol. The first-order valence-corrected chi connectivity index (χ1v) is 11.5. The Hall–Kier alpha value is -1.67. The van der Waals surface area contributed by atoms with Crippen molar-refractivity contribution in [2.75, 3.05) is 44.2 Å². The second-order valence-corrected chi connectivity index (χ2v) is 9.56. The zero-order chi connectivity index (χ0) is 19.5. The van der Waals surface area contributed by atoms with Crippen molar-refractivity contribution in [1.29, 1.82) is 0 Å². The van der Waals surface area contributed by atoms with Crippen LogP contribution in [-0.2, 0) is 6.42 Å². The Kier molecular flexibility index (Phi) is 6.16. The summed E-state index contributed by atoms with van der Waals surface area (Å²) < 4.78 is 1.91. The first-order valence-electron chi connectivity index (χ1n) is 9.52. The lowest BCUT2D eigenvalue weighted by atomic mass is 10.2. The summed E-state index contributed by atoms with van der Waals surface area (Å²) in [6, 6.07) is 10.1. The van der Waals surface area contributed by atoms with Gasteiger partial charge >= 0.3 is 0 Å². The standard InChI is InChI=1S/C20H23ClN4OS2/c1-2-14-3-4-15-17(13-14)28-20(23-15)25-11-9-24(10-12-25)8-7-22-19(26)16-5-6-18(21)27-16/h3-6,13H,2,7-12H2,1H3,(H,22,26). The van der Waals surface area contributed by atoms with Crippen LogP contribution in [0, 0.1) is 0 Å². The van der Waals surface area contributed by atoms with E-state index in [1.165, 1.54) is 21.6 Å². The molecule has 1 aromatic carbocycles. The number of carbonyl (C=O) groups excluding carboxylic acids is 1. The molecule has 1 saturated heterocycles. The van der Waals surface area contributed by atoms with Crippen molar-refractivity contribution in [3.05, 3.63) is 45.1 Å². The summed E-state index contributed by atoms with van der Waals surface area (Å²) in [6.07, 6.45) is 1.05. The van der Waals surface area contributed by atoms with E-state index in [1.807, 2.05) is 0 Å². The first kappa shape index (κ1) is 19.6. The molecule has 0 radical (unpaired) electrons. The average molecular weight is 435 g/mol. The lowest BCUT2D eigenvalue weighted by Crippen LogP contribution is -2.48. The average Bonchev–Trinajstić information content (AvgIpc) is 3.34. The van der Waals surface area contributed by atoms with Gasteiger partial charge in [-0.1, -0.05) is 35.9 Å². The van der Waals surface area contributed by atoms with Crippen LogP contribution in [0.15, 0.2) is 30.3 Å². The number of nitrogens with zero attached hydrogens (tertiary/aromatic N) is 3. The molecule has 0 unspecified atom stereocenters. The molecule has 1 N–H and O–H groups in total. The maximum absolute atomic E-state index is 12.1. The second kappa shape index (κ2) is 8.78. The molecular weight excluding hydrogens is 412 g/mol. The Labute approximate surface area is 177 Å². The summed E-state index contributed by atoms with van der Waals surface area (Å²) in [5.41, 5.74) is 2.45. The normalized spacial score (nSPS) is 15.3. The molecule has 0 bridgehead atoms. The molecule has 0 aliphatic carbocycles. The van der Waals surface area contributed by atoms with Crippen molar-refractivity contribution < 1.29 is 4.79 Å². The Morgan fingerprint density at radius 2 is 2.00 bits per heavy atom. The second-order valence-electron chi connectivity index (χ2n) is 6.84. The van der Waals surface area contributed by atoms with Crippen LogP contribution in [0.5, 0.6) is 0 Å². The quantitative estimate of drug-likeness (QED) is 0.633. The van der Waals surface area contributed by atoms with E-state index in [-0.39, 0.29) is 5.91 Å². The van der Waals surface area contributed by atoms with Crippen LogP contribution in [0.25, 0.3) is 10.2 Å². The van der Waals surface area contributed by atoms with Gasteiger partial charge in [0, 0.05) is 39.3 Å². The number of aromatic nitrogens is 1. The minimum atomic E-state index is -0.0449. The SMILES string of the molecule is CCc1ccc2nc(N3CCN(CCNC(=O)c4ccc(Cl)s4)CC3)sc2c1. The Morgan fingerprint density at radius 3 is 2.71 bits per heavy atom. The molecule has 3 aromatic rings. The van der Waals surface area contributed by atoms with E-state index in [4.69, 9.17) is 16.6 Å². The molecule has 1 aliphatic heterocycles. The van der Waals surface area contributed by atoms with Gasteiger partial charge in [-0.2, -0.15) is 0 Å². The number of thiazole rings is 1. The van der Waals surface area contributed by atoms with Gasteiger partial charge in [-0.15, -0.1) is 11.3 Å². The van der Waals surface area contributed by atoms with E-state index < -0.39 is 0 Å². The van der Waals surface area contributed by atoms with Gasteiger partial charge in [0.05, 0.1) is 19.4 Å². The maximum atomic E-state index is 12.1. The lowest BCUT2D eigenvalue weighted by molar-refractivity contribution is 0.0952. The van der Waals surface area contributed by atoms with Crippen LogP contribution in [-0.4, -0.2) is 55.1 Å². The van der Waals surface area contributed by atoms with E-state index in [0.717, 1.165) is 49.8 Å². The smallest absolute Gasteiger partial charge is 0.261 e. The number of piperazine rings is 1. The summed E-state index contributed by atoms with van der Waals surface area (Å²) in [4.78, 5) is 22.3. The van der Waals surface area contributed by atoms with Gasteiger partial charge in [0.25, 0.3) is 5.91 Å².